The summed E-state index contributed by atoms with van der Waals surface area (Å²) in [6.07, 6.45) is 0.758. The van der Waals surface area contributed by atoms with E-state index in [1.807, 2.05) is 4.90 Å². The van der Waals surface area contributed by atoms with Crippen LogP contribution in [0.4, 0.5) is 8.78 Å². The maximum atomic E-state index is 13.3. The van der Waals surface area contributed by atoms with Crippen LogP contribution in [0.5, 0.6) is 0 Å². The smallest absolute Gasteiger partial charge is 0.226 e. The van der Waals surface area contributed by atoms with E-state index in [1.54, 1.807) is 6.07 Å². The monoisotopic (exact) mass is 292 g/mol. The van der Waals surface area contributed by atoms with E-state index in [4.69, 9.17) is 0 Å². The van der Waals surface area contributed by atoms with E-state index in [0.29, 0.717) is 11.8 Å². The molecule has 112 valence electrons. The van der Waals surface area contributed by atoms with Crippen molar-refractivity contribution < 1.29 is 13.6 Å². The number of amides is 1. The summed E-state index contributed by atoms with van der Waals surface area (Å²) in [5, 5.41) is 3.36. The number of carbonyl (C=O) groups excluding carboxylic acids is 1. The second kappa shape index (κ2) is 4.77. The fourth-order valence-electron chi connectivity index (χ4n) is 3.85. The van der Waals surface area contributed by atoms with Crippen molar-refractivity contribution in [2.24, 2.45) is 17.8 Å². The lowest BCUT2D eigenvalue weighted by atomic mass is 10.0. The van der Waals surface area contributed by atoms with Crippen LogP contribution in [0.1, 0.15) is 17.9 Å². The molecule has 1 amide bonds. The summed E-state index contributed by atoms with van der Waals surface area (Å²) in [5.74, 6) is -0.259. The molecule has 3 fully saturated rings. The molecule has 2 aliphatic heterocycles. The van der Waals surface area contributed by atoms with Crippen LogP contribution in [0.2, 0.25) is 0 Å². The van der Waals surface area contributed by atoms with E-state index >= 15 is 0 Å². The predicted molar refractivity (Wildman–Crippen MR) is 73.6 cm³/mol. The van der Waals surface area contributed by atoms with Gasteiger partial charge in [0.25, 0.3) is 0 Å². The highest BCUT2D eigenvalue weighted by atomic mass is 19.2. The normalized spacial score (nSPS) is 34.1. The van der Waals surface area contributed by atoms with Gasteiger partial charge in [-0.2, -0.15) is 0 Å². The molecule has 21 heavy (non-hydrogen) atoms. The molecule has 3 nitrogen and oxygen atoms in total. The first-order valence-corrected chi connectivity index (χ1v) is 7.58. The van der Waals surface area contributed by atoms with Crippen LogP contribution < -0.4 is 5.32 Å². The topological polar surface area (TPSA) is 32.3 Å². The molecule has 0 radical (unpaired) electrons. The van der Waals surface area contributed by atoms with Gasteiger partial charge in [0.2, 0.25) is 5.91 Å². The summed E-state index contributed by atoms with van der Waals surface area (Å²) in [6.45, 7) is 3.70. The van der Waals surface area contributed by atoms with Crippen molar-refractivity contribution in [1.82, 2.24) is 10.2 Å². The number of nitrogens with zero attached hydrogens (tertiary/aromatic N) is 1. The molecular weight excluding hydrogens is 274 g/mol. The summed E-state index contributed by atoms with van der Waals surface area (Å²) in [7, 11) is 0. The summed E-state index contributed by atoms with van der Waals surface area (Å²) in [4.78, 5) is 14.5. The SMILES string of the molecule is O=C(C1CC1c1ccc(F)c(F)c1)N1C[C@H]2CNC[C@H]2C1. The van der Waals surface area contributed by atoms with Crippen LogP contribution in [0.3, 0.4) is 0 Å². The second-order valence-electron chi connectivity index (χ2n) is 6.54. The summed E-state index contributed by atoms with van der Waals surface area (Å²) >= 11 is 0. The molecule has 2 unspecified atom stereocenters. The van der Waals surface area contributed by atoms with Gasteiger partial charge in [0, 0.05) is 32.1 Å². The third-order valence-corrected chi connectivity index (χ3v) is 5.18. The minimum Gasteiger partial charge on any atom is -0.342 e. The second-order valence-corrected chi connectivity index (χ2v) is 6.54. The van der Waals surface area contributed by atoms with Gasteiger partial charge in [0.05, 0.1) is 0 Å². The van der Waals surface area contributed by atoms with Crippen LogP contribution in [0.25, 0.3) is 0 Å². The molecule has 0 bridgehead atoms. The number of carbonyl (C=O) groups is 1. The minimum atomic E-state index is -0.831. The van der Waals surface area contributed by atoms with Gasteiger partial charge in [0.1, 0.15) is 0 Å². The maximum absolute atomic E-state index is 13.3. The van der Waals surface area contributed by atoms with Crippen molar-refractivity contribution >= 4 is 5.91 Å². The van der Waals surface area contributed by atoms with Gasteiger partial charge in [-0.3, -0.25) is 4.79 Å². The van der Waals surface area contributed by atoms with Crippen LogP contribution in [-0.4, -0.2) is 37.0 Å². The highest BCUT2D eigenvalue weighted by molar-refractivity contribution is 5.83. The molecule has 2 heterocycles. The molecule has 5 heteroatoms. The zero-order chi connectivity index (χ0) is 14.6. The zero-order valence-electron chi connectivity index (χ0n) is 11.7. The Morgan fingerprint density at radius 3 is 2.52 bits per heavy atom. The van der Waals surface area contributed by atoms with Gasteiger partial charge in [-0.05, 0) is 41.9 Å². The Hall–Kier alpha value is -1.49. The van der Waals surface area contributed by atoms with Crippen LogP contribution in [0, 0.1) is 29.4 Å². The van der Waals surface area contributed by atoms with E-state index in [1.165, 1.54) is 6.07 Å². The lowest BCUT2D eigenvalue weighted by Gasteiger charge is -2.17. The van der Waals surface area contributed by atoms with Crippen LogP contribution >= 0.6 is 0 Å². The van der Waals surface area contributed by atoms with Crippen molar-refractivity contribution in [3.63, 3.8) is 0 Å². The Morgan fingerprint density at radius 2 is 1.86 bits per heavy atom. The molecular formula is C16H18F2N2O. The molecule has 0 aromatic heterocycles. The average Bonchev–Trinajstić information content (AvgIpc) is 2.96. The molecule has 1 aliphatic carbocycles. The fourth-order valence-corrected chi connectivity index (χ4v) is 3.85. The van der Waals surface area contributed by atoms with Crippen molar-refractivity contribution in [1.29, 1.82) is 0 Å². The fraction of sp³-hybridized carbons (Fsp3) is 0.562. The molecule has 1 saturated carbocycles. The van der Waals surface area contributed by atoms with Gasteiger partial charge in [-0.1, -0.05) is 6.07 Å². The zero-order valence-corrected chi connectivity index (χ0v) is 11.7. The first-order chi connectivity index (χ1) is 10.1. The molecule has 1 aromatic carbocycles. The van der Waals surface area contributed by atoms with E-state index in [9.17, 15) is 13.6 Å². The van der Waals surface area contributed by atoms with Crippen molar-refractivity contribution in [2.75, 3.05) is 26.2 Å². The number of hydrogen-bond donors (Lipinski definition) is 1. The molecule has 1 aromatic rings. The molecule has 4 atom stereocenters. The molecule has 0 spiro atoms. The van der Waals surface area contributed by atoms with Gasteiger partial charge in [0.15, 0.2) is 11.6 Å². The van der Waals surface area contributed by atoms with E-state index in [-0.39, 0.29) is 17.7 Å². The largest absolute Gasteiger partial charge is 0.342 e. The minimum absolute atomic E-state index is 0.0401. The number of halogens is 2. The number of likely N-dealkylation sites (tertiary alicyclic amines) is 1. The Balaban J connectivity index is 1.42. The number of nitrogens with one attached hydrogen (secondary N) is 1. The van der Waals surface area contributed by atoms with E-state index in [0.717, 1.165) is 44.2 Å². The molecule has 1 N–H and O–H groups in total. The quantitative estimate of drug-likeness (QED) is 0.900. The average molecular weight is 292 g/mol. The van der Waals surface area contributed by atoms with Crippen LogP contribution in [0.15, 0.2) is 18.2 Å². The number of rotatable bonds is 2. The third-order valence-electron chi connectivity index (χ3n) is 5.18. The Bertz CT molecular complexity index is 580. The maximum Gasteiger partial charge on any atom is 0.226 e. The predicted octanol–water partition coefficient (Wildman–Crippen LogP) is 1.75. The van der Waals surface area contributed by atoms with Gasteiger partial charge in [-0.15, -0.1) is 0 Å². The number of hydrogen-bond acceptors (Lipinski definition) is 2. The first-order valence-electron chi connectivity index (χ1n) is 7.58. The van der Waals surface area contributed by atoms with Gasteiger partial charge < -0.3 is 10.2 Å². The molecule has 3 aliphatic rings. The lowest BCUT2D eigenvalue weighted by molar-refractivity contribution is -0.131. The highest BCUT2D eigenvalue weighted by Crippen LogP contribution is 2.49. The molecule has 2 saturated heterocycles. The van der Waals surface area contributed by atoms with Gasteiger partial charge >= 0.3 is 0 Å². The van der Waals surface area contributed by atoms with Gasteiger partial charge in [-0.25, -0.2) is 8.78 Å². The highest BCUT2D eigenvalue weighted by Gasteiger charge is 2.48. The Kier molecular flexibility index (Phi) is 2.99. The summed E-state index contributed by atoms with van der Waals surface area (Å²) < 4.78 is 26.2. The lowest BCUT2D eigenvalue weighted by Crippen LogP contribution is -2.33. The number of benzene rings is 1. The van der Waals surface area contributed by atoms with E-state index < -0.39 is 11.6 Å². The van der Waals surface area contributed by atoms with Crippen LogP contribution in [-0.2, 0) is 4.79 Å². The molecule has 4 rings (SSSR count). The number of fused-ring (bicyclic) bond motifs is 1. The third kappa shape index (κ3) is 2.24. The standard InChI is InChI=1S/C16H18F2N2O/c17-14-2-1-9(3-15(14)18)12-4-13(12)16(21)20-7-10-5-19-6-11(10)8-20/h1-3,10-13,19H,4-8H2/t10-,11+,12?,13?. The van der Waals surface area contributed by atoms with Crippen molar-refractivity contribution in [2.45, 2.75) is 12.3 Å². The van der Waals surface area contributed by atoms with Crippen molar-refractivity contribution in [3.05, 3.63) is 35.4 Å². The van der Waals surface area contributed by atoms with E-state index in [2.05, 4.69) is 5.32 Å². The van der Waals surface area contributed by atoms with Crippen molar-refractivity contribution in [3.8, 4) is 0 Å². The Labute approximate surface area is 122 Å². The first kappa shape index (κ1) is 13.2. The summed E-state index contributed by atoms with van der Waals surface area (Å²) in [6, 6.07) is 3.98. The summed E-state index contributed by atoms with van der Waals surface area (Å²) in [5.41, 5.74) is 0.744. The Morgan fingerprint density at radius 1 is 1.14 bits per heavy atom.